The van der Waals surface area contributed by atoms with Crippen molar-refractivity contribution in [3.05, 3.63) is 79.6 Å². The summed E-state index contributed by atoms with van der Waals surface area (Å²) in [5, 5.41) is 0. The molecular formula is C38H48O2S. The number of Topliss-reactive ketones (excluding diaryl/α,β-unsaturated/α-hetero) is 2. The molecule has 218 valence electrons. The van der Waals surface area contributed by atoms with Crippen LogP contribution in [0.15, 0.2) is 69.9 Å². The minimum absolute atomic E-state index is 0.187. The van der Waals surface area contributed by atoms with E-state index in [4.69, 9.17) is 0 Å². The van der Waals surface area contributed by atoms with Crippen LogP contribution in [0.5, 0.6) is 0 Å². The van der Waals surface area contributed by atoms with Crippen LogP contribution in [-0.2, 0) is 9.59 Å². The van der Waals surface area contributed by atoms with Crippen LogP contribution in [0.4, 0.5) is 0 Å². The second-order valence-electron chi connectivity index (χ2n) is 14.7. The predicted molar refractivity (Wildman–Crippen MR) is 175 cm³/mol. The van der Waals surface area contributed by atoms with Gasteiger partial charge >= 0.3 is 0 Å². The van der Waals surface area contributed by atoms with E-state index in [-0.39, 0.29) is 22.4 Å². The van der Waals surface area contributed by atoms with E-state index in [0.717, 1.165) is 59.1 Å². The lowest BCUT2D eigenvalue weighted by molar-refractivity contribution is -0.114. The number of carbonyl (C=O) groups excluding carboxylic acids is 2. The van der Waals surface area contributed by atoms with E-state index in [1.54, 1.807) is 11.3 Å². The SMILES string of the molecule is CC(C)(C)C1=C/C(=C\c2ccc(/C=C3\C=C(C4CCCCC4)C(=O)C(C(C)(C)C)=C3)s2)C=C(C2CCCCC2)C1=O. The van der Waals surface area contributed by atoms with Gasteiger partial charge in [-0.1, -0.05) is 80.1 Å². The lowest BCUT2D eigenvalue weighted by Crippen LogP contribution is -2.26. The van der Waals surface area contributed by atoms with E-state index in [2.05, 4.69) is 90.1 Å². The fourth-order valence-electron chi connectivity index (χ4n) is 6.92. The van der Waals surface area contributed by atoms with Crippen molar-refractivity contribution >= 4 is 35.1 Å². The molecular weight excluding hydrogens is 520 g/mol. The maximum absolute atomic E-state index is 13.6. The molecule has 1 aromatic rings. The van der Waals surface area contributed by atoms with Gasteiger partial charge in [0.1, 0.15) is 0 Å². The molecule has 0 aliphatic heterocycles. The van der Waals surface area contributed by atoms with Gasteiger partial charge in [-0.25, -0.2) is 0 Å². The number of rotatable bonds is 4. The summed E-state index contributed by atoms with van der Waals surface area (Å²) in [5.41, 5.74) is 5.79. The summed E-state index contributed by atoms with van der Waals surface area (Å²) >= 11 is 1.77. The van der Waals surface area contributed by atoms with Crippen molar-refractivity contribution in [3.63, 3.8) is 0 Å². The number of hydrogen-bond donors (Lipinski definition) is 0. The summed E-state index contributed by atoms with van der Waals surface area (Å²) in [4.78, 5) is 29.5. The van der Waals surface area contributed by atoms with Gasteiger partial charge in [0, 0.05) is 32.0 Å². The third-order valence-corrected chi connectivity index (χ3v) is 10.2. The standard InChI is InChI=1S/C38H48O2S/c1-37(2,3)33-23-25(21-31(35(33)39)27-13-9-7-10-14-27)19-29-17-18-30(41-29)20-26-22-32(28-15-11-8-12-16-28)36(40)34(24-26)38(4,5)6/h17-24,27-28H,7-16H2,1-6H3/b25-19-,26-20+. The van der Waals surface area contributed by atoms with Gasteiger partial charge in [-0.05, 0) is 108 Å². The molecule has 5 rings (SSSR count). The first kappa shape index (κ1) is 30.0. The van der Waals surface area contributed by atoms with Crippen molar-refractivity contribution in [1.29, 1.82) is 0 Å². The highest BCUT2D eigenvalue weighted by molar-refractivity contribution is 7.13. The zero-order valence-electron chi connectivity index (χ0n) is 26.1. The molecule has 0 aromatic carbocycles. The van der Waals surface area contributed by atoms with E-state index in [1.165, 1.54) is 48.3 Å². The summed E-state index contributed by atoms with van der Waals surface area (Å²) < 4.78 is 0. The molecule has 0 radical (unpaired) electrons. The molecule has 4 aliphatic carbocycles. The number of carbonyl (C=O) groups is 2. The first-order valence-electron chi connectivity index (χ1n) is 15.9. The minimum Gasteiger partial charge on any atom is -0.289 e. The maximum atomic E-state index is 13.6. The monoisotopic (exact) mass is 568 g/mol. The molecule has 0 spiro atoms. The Kier molecular flexibility index (Phi) is 8.76. The molecule has 0 saturated heterocycles. The van der Waals surface area contributed by atoms with E-state index < -0.39 is 0 Å². The highest BCUT2D eigenvalue weighted by atomic mass is 32.1. The first-order valence-corrected chi connectivity index (χ1v) is 16.7. The van der Waals surface area contributed by atoms with E-state index in [0.29, 0.717) is 11.8 Å². The highest BCUT2D eigenvalue weighted by Gasteiger charge is 2.34. The summed E-state index contributed by atoms with van der Waals surface area (Å²) in [6.45, 7) is 12.9. The van der Waals surface area contributed by atoms with Gasteiger partial charge in [0.05, 0.1) is 0 Å². The van der Waals surface area contributed by atoms with Crippen LogP contribution >= 0.6 is 11.3 Å². The zero-order chi connectivity index (χ0) is 29.4. The number of thiophene rings is 1. The van der Waals surface area contributed by atoms with Gasteiger partial charge in [-0.3, -0.25) is 9.59 Å². The Labute approximate surface area is 252 Å². The molecule has 0 N–H and O–H groups in total. The third kappa shape index (κ3) is 6.94. The van der Waals surface area contributed by atoms with Crippen LogP contribution in [0.1, 0.15) is 116 Å². The Morgan fingerprint density at radius 1 is 0.585 bits per heavy atom. The van der Waals surface area contributed by atoms with Crippen molar-refractivity contribution in [2.75, 3.05) is 0 Å². The molecule has 3 heteroatoms. The molecule has 0 unspecified atom stereocenters. The zero-order valence-corrected chi connectivity index (χ0v) is 26.9. The second kappa shape index (κ2) is 12.0. The molecule has 2 nitrogen and oxygen atoms in total. The third-order valence-electron chi connectivity index (χ3n) is 9.25. The fourth-order valence-corrected chi connectivity index (χ4v) is 7.85. The lowest BCUT2D eigenvalue weighted by atomic mass is 9.72. The Morgan fingerprint density at radius 3 is 1.29 bits per heavy atom. The number of allylic oxidation sites excluding steroid dienone is 10. The lowest BCUT2D eigenvalue weighted by Gasteiger charge is -2.31. The summed E-state index contributed by atoms with van der Waals surface area (Å²) in [5.74, 6) is 1.29. The quantitative estimate of drug-likeness (QED) is 0.362. The van der Waals surface area contributed by atoms with E-state index in [1.807, 2.05) is 0 Å². The average molecular weight is 569 g/mol. The van der Waals surface area contributed by atoms with Crippen molar-refractivity contribution in [2.45, 2.75) is 106 Å². The topological polar surface area (TPSA) is 34.1 Å². The van der Waals surface area contributed by atoms with Crippen LogP contribution in [0.25, 0.3) is 12.2 Å². The van der Waals surface area contributed by atoms with Crippen molar-refractivity contribution < 1.29 is 9.59 Å². The largest absolute Gasteiger partial charge is 0.289 e. The van der Waals surface area contributed by atoms with Gasteiger partial charge in [-0.2, -0.15) is 0 Å². The Morgan fingerprint density at radius 2 is 0.951 bits per heavy atom. The number of ketones is 2. The Hall–Kier alpha value is -2.52. The van der Waals surface area contributed by atoms with Crippen LogP contribution in [-0.4, -0.2) is 11.6 Å². The summed E-state index contributed by atoms with van der Waals surface area (Å²) in [6.07, 6.45) is 25.1. The molecule has 2 fully saturated rings. The summed E-state index contributed by atoms with van der Waals surface area (Å²) in [6, 6.07) is 4.38. The van der Waals surface area contributed by atoms with Gasteiger partial charge in [0.2, 0.25) is 0 Å². The molecule has 0 atom stereocenters. The first-order chi connectivity index (χ1) is 19.4. The van der Waals surface area contributed by atoms with Crippen LogP contribution < -0.4 is 0 Å². The molecule has 0 amide bonds. The van der Waals surface area contributed by atoms with Crippen molar-refractivity contribution in [2.24, 2.45) is 22.7 Å². The summed E-state index contributed by atoms with van der Waals surface area (Å²) in [7, 11) is 0. The van der Waals surface area contributed by atoms with E-state index >= 15 is 0 Å². The fraction of sp³-hybridized carbons (Fsp3) is 0.526. The van der Waals surface area contributed by atoms with Crippen LogP contribution in [0.2, 0.25) is 0 Å². The maximum Gasteiger partial charge on any atom is 0.185 e. The smallest absolute Gasteiger partial charge is 0.185 e. The Balaban J connectivity index is 1.47. The average Bonchev–Trinajstić information content (AvgIpc) is 3.36. The highest BCUT2D eigenvalue weighted by Crippen LogP contribution is 2.41. The van der Waals surface area contributed by atoms with Gasteiger partial charge < -0.3 is 0 Å². The van der Waals surface area contributed by atoms with Gasteiger partial charge in [0.15, 0.2) is 11.6 Å². The normalized spacial score (nSPS) is 24.0. The van der Waals surface area contributed by atoms with Gasteiger partial charge in [0.25, 0.3) is 0 Å². The van der Waals surface area contributed by atoms with Crippen molar-refractivity contribution in [1.82, 2.24) is 0 Å². The minimum atomic E-state index is -0.187. The molecule has 4 aliphatic rings. The second-order valence-corrected chi connectivity index (χ2v) is 15.8. The molecule has 1 heterocycles. The molecule has 41 heavy (non-hydrogen) atoms. The van der Waals surface area contributed by atoms with Crippen molar-refractivity contribution in [3.8, 4) is 0 Å². The van der Waals surface area contributed by atoms with Crippen LogP contribution in [0, 0.1) is 22.7 Å². The Bertz CT molecular complexity index is 1270. The molecule has 0 bridgehead atoms. The predicted octanol–water partition coefficient (Wildman–Crippen LogP) is 10.6. The molecule has 1 aromatic heterocycles. The van der Waals surface area contributed by atoms with Crippen LogP contribution in [0.3, 0.4) is 0 Å². The molecule has 2 saturated carbocycles. The number of hydrogen-bond acceptors (Lipinski definition) is 3. The van der Waals surface area contributed by atoms with E-state index in [9.17, 15) is 9.59 Å². The van der Waals surface area contributed by atoms with Gasteiger partial charge in [-0.15, -0.1) is 11.3 Å².